The van der Waals surface area contributed by atoms with Crippen molar-refractivity contribution in [3.05, 3.63) is 0 Å². The highest BCUT2D eigenvalue weighted by Crippen LogP contribution is 2.35. The maximum absolute atomic E-state index is 12.2. The first-order chi connectivity index (χ1) is 9.02. The molecule has 0 spiro atoms. The number of carboxylic acid groups (broad SMARTS) is 1. The molecule has 6 nitrogen and oxygen atoms in total. The maximum atomic E-state index is 12.2. The van der Waals surface area contributed by atoms with Crippen molar-refractivity contribution in [2.75, 3.05) is 0 Å². The van der Waals surface area contributed by atoms with E-state index in [9.17, 15) is 14.7 Å². The molecule has 2 fully saturated rings. The Hall–Kier alpha value is -1.30. The number of nitrogens with zero attached hydrogens (tertiary/aromatic N) is 1. The van der Waals surface area contributed by atoms with E-state index in [2.05, 4.69) is 5.32 Å². The third kappa shape index (κ3) is 3.00. The van der Waals surface area contributed by atoms with Crippen LogP contribution in [0.1, 0.15) is 45.4 Å². The molecule has 0 saturated carbocycles. The summed E-state index contributed by atoms with van der Waals surface area (Å²) in [4.78, 5) is 25.0. The number of nitrogens with one attached hydrogen (secondary N) is 1. The van der Waals surface area contributed by atoms with Crippen molar-refractivity contribution in [2.24, 2.45) is 0 Å². The Morgan fingerprint density at radius 1 is 1.32 bits per heavy atom. The third-order valence-corrected chi connectivity index (χ3v) is 4.12. The van der Waals surface area contributed by atoms with Crippen LogP contribution in [0.3, 0.4) is 0 Å². The summed E-state index contributed by atoms with van der Waals surface area (Å²) in [6.45, 7) is 1.89. The highest BCUT2D eigenvalue weighted by atomic mass is 16.4. The molecule has 2 aliphatic heterocycles. The van der Waals surface area contributed by atoms with Crippen molar-refractivity contribution in [2.45, 2.75) is 69.7 Å². The quantitative estimate of drug-likeness (QED) is 0.709. The number of hydrogen-bond acceptors (Lipinski definition) is 3. The number of aliphatic carboxylic acids is 1. The molecule has 0 aliphatic carbocycles. The summed E-state index contributed by atoms with van der Waals surface area (Å²) in [6.07, 6.45) is 3.84. The zero-order valence-electron chi connectivity index (χ0n) is 11.2. The van der Waals surface area contributed by atoms with Crippen LogP contribution < -0.4 is 5.32 Å². The molecule has 0 aromatic rings. The van der Waals surface area contributed by atoms with Crippen molar-refractivity contribution in [3.63, 3.8) is 0 Å². The SMILES string of the molecule is CCC[C@@H](NC(=O)N1C2CCC1CC(O)C2)C(=O)O. The summed E-state index contributed by atoms with van der Waals surface area (Å²) in [7, 11) is 0. The van der Waals surface area contributed by atoms with Gasteiger partial charge in [-0.3, -0.25) is 0 Å². The Balaban J connectivity index is 1.98. The Labute approximate surface area is 112 Å². The second-order valence-corrected chi connectivity index (χ2v) is 5.55. The number of hydrogen-bond donors (Lipinski definition) is 3. The molecule has 2 heterocycles. The molecule has 0 aromatic carbocycles. The molecule has 108 valence electrons. The summed E-state index contributed by atoms with van der Waals surface area (Å²) in [5.41, 5.74) is 0. The van der Waals surface area contributed by atoms with Crippen LogP contribution in [0.15, 0.2) is 0 Å². The predicted molar refractivity (Wildman–Crippen MR) is 68.8 cm³/mol. The first-order valence-electron chi connectivity index (χ1n) is 7.02. The van der Waals surface area contributed by atoms with Crippen molar-refractivity contribution >= 4 is 12.0 Å². The fourth-order valence-corrected chi connectivity index (χ4v) is 3.25. The second-order valence-electron chi connectivity index (χ2n) is 5.55. The topological polar surface area (TPSA) is 89.9 Å². The van der Waals surface area contributed by atoms with E-state index < -0.39 is 12.0 Å². The summed E-state index contributed by atoms with van der Waals surface area (Å²) in [5.74, 6) is -0.986. The van der Waals surface area contributed by atoms with Crippen LogP contribution >= 0.6 is 0 Å². The van der Waals surface area contributed by atoms with Gasteiger partial charge in [-0.1, -0.05) is 13.3 Å². The smallest absolute Gasteiger partial charge is 0.326 e. The Kier molecular flexibility index (Phi) is 4.29. The number of piperidine rings is 1. The molecule has 2 bridgehead atoms. The van der Waals surface area contributed by atoms with Gasteiger partial charge in [0.2, 0.25) is 0 Å². The molecule has 2 unspecified atom stereocenters. The Morgan fingerprint density at radius 2 is 1.89 bits per heavy atom. The number of urea groups is 1. The van der Waals surface area contributed by atoms with Crippen LogP contribution in [0.25, 0.3) is 0 Å². The monoisotopic (exact) mass is 270 g/mol. The molecule has 19 heavy (non-hydrogen) atoms. The number of fused-ring (bicyclic) bond motifs is 2. The van der Waals surface area contributed by atoms with Crippen molar-refractivity contribution < 1.29 is 19.8 Å². The van der Waals surface area contributed by atoms with Gasteiger partial charge in [0.25, 0.3) is 0 Å². The van der Waals surface area contributed by atoms with Gasteiger partial charge in [0.15, 0.2) is 0 Å². The van der Waals surface area contributed by atoms with Gasteiger partial charge in [0, 0.05) is 12.1 Å². The fourth-order valence-electron chi connectivity index (χ4n) is 3.25. The van der Waals surface area contributed by atoms with Gasteiger partial charge in [-0.25, -0.2) is 9.59 Å². The lowest BCUT2D eigenvalue weighted by Gasteiger charge is -2.37. The fraction of sp³-hybridized carbons (Fsp3) is 0.846. The minimum absolute atomic E-state index is 0.0600. The molecule has 2 saturated heterocycles. The van der Waals surface area contributed by atoms with E-state index in [4.69, 9.17) is 5.11 Å². The Bertz CT molecular complexity index is 347. The summed E-state index contributed by atoms with van der Waals surface area (Å²) in [6, 6.07) is -0.987. The van der Waals surface area contributed by atoms with Gasteiger partial charge in [0.1, 0.15) is 6.04 Å². The van der Waals surface area contributed by atoms with Crippen molar-refractivity contribution in [3.8, 4) is 0 Å². The van der Waals surface area contributed by atoms with E-state index in [1.807, 2.05) is 6.92 Å². The lowest BCUT2D eigenvalue weighted by atomic mass is 10.0. The number of amides is 2. The number of aliphatic hydroxyl groups is 1. The average molecular weight is 270 g/mol. The van der Waals surface area contributed by atoms with E-state index in [-0.39, 0.29) is 24.2 Å². The molecule has 0 radical (unpaired) electrons. The number of carbonyl (C=O) groups is 2. The molecule has 2 aliphatic rings. The maximum Gasteiger partial charge on any atom is 0.326 e. The Morgan fingerprint density at radius 3 is 2.37 bits per heavy atom. The molecule has 3 atom stereocenters. The van der Waals surface area contributed by atoms with Gasteiger partial charge in [-0.2, -0.15) is 0 Å². The average Bonchev–Trinajstić information content (AvgIpc) is 2.61. The highest BCUT2D eigenvalue weighted by molar-refractivity contribution is 5.83. The normalized spacial score (nSPS) is 31.1. The standard InChI is InChI=1S/C13H22N2O4/c1-2-3-11(12(17)18)14-13(19)15-8-4-5-9(15)7-10(16)6-8/h8-11,16H,2-7H2,1H3,(H,14,19)(H,17,18)/t8?,9?,10?,11-/m1/s1. The largest absolute Gasteiger partial charge is 0.480 e. The van der Waals surface area contributed by atoms with E-state index in [1.165, 1.54) is 0 Å². The first-order valence-corrected chi connectivity index (χ1v) is 7.02. The van der Waals surface area contributed by atoms with Crippen LogP contribution in [-0.4, -0.2) is 51.3 Å². The molecule has 0 aromatic heterocycles. The number of rotatable bonds is 4. The lowest BCUT2D eigenvalue weighted by Crippen LogP contribution is -2.55. The van der Waals surface area contributed by atoms with E-state index in [0.717, 1.165) is 12.8 Å². The van der Waals surface area contributed by atoms with Crippen LogP contribution in [0.2, 0.25) is 0 Å². The minimum atomic E-state index is -0.986. The first kappa shape index (κ1) is 14.1. The van der Waals surface area contributed by atoms with Crippen molar-refractivity contribution in [1.29, 1.82) is 0 Å². The number of carboxylic acids is 1. The molecule has 3 N–H and O–H groups in total. The molecule has 6 heteroatoms. The molecule has 2 rings (SSSR count). The van der Waals surface area contributed by atoms with E-state index >= 15 is 0 Å². The summed E-state index contributed by atoms with van der Waals surface area (Å²) in [5, 5.41) is 21.4. The molecular formula is C13H22N2O4. The number of carbonyl (C=O) groups excluding carboxylic acids is 1. The van der Waals surface area contributed by atoms with Gasteiger partial charge >= 0.3 is 12.0 Å². The van der Waals surface area contributed by atoms with Gasteiger partial charge < -0.3 is 20.4 Å². The van der Waals surface area contributed by atoms with Gasteiger partial charge in [-0.05, 0) is 32.1 Å². The van der Waals surface area contributed by atoms with Crippen LogP contribution in [-0.2, 0) is 4.79 Å². The van der Waals surface area contributed by atoms with Crippen LogP contribution in [0.4, 0.5) is 4.79 Å². The number of aliphatic hydroxyl groups excluding tert-OH is 1. The third-order valence-electron chi connectivity index (χ3n) is 4.12. The summed E-state index contributed by atoms with van der Waals surface area (Å²) < 4.78 is 0. The second kappa shape index (κ2) is 5.77. The zero-order valence-corrected chi connectivity index (χ0v) is 11.2. The zero-order chi connectivity index (χ0) is 14.0. The van der Waals surface area contributed by atoms with E-state index in [1.54, 1.807) is 4.90 Å². The minimum Gasteiger partial charge on any atom is -0.480 e. The van der Waals surface area contributed by atoms with Crippen LogP contribution in [0, 0.1) is 0 Å². The summed E-state index contributed by atoms with van der Waals surface area (Å²) >= 11 is 0. The van der Waals surface area contributed by atoms with E-state index in [0.29, 0.717) is 25.7 Å². The predicted octanol–water partition coefficient (Wildman–Crippen LogP) is 0.937. The molecular weight excluding hydrogens is 248 g/mol. The van der Waals surface area contributed by atoms with Crippen LogP contribution in [0.5, 0.6) is 0 Å². The molecule has 2 amide bonds. The van der Waals surface area contributed by atoms with Crippen molar-refractivity contribution in [1.82, 2.24) is 10.2 Å². The highest BCUT2D eigenvalue weighted by Gasteiger charge is 2.43. The lowest BCUT2D eigenvalue weighted by molar-refractivity contribution is -0.139. The van der Waals surface area contributed by atoms with Gasteiger partial charge in [-0.15, -0.1) is 0 Å². The van der Waals surface area contributed by atoms with Gasteiger partial charge in [0.05, 0.1) is 6.10 Å².